The molecule has 278 valence electrons. The Morgan fingerprint density at radius 2 is 1.87 bits per heavy atom. The maximum Gasteiger partial charge on any atom is 0.416 e. The van der Waals surface area contributed by atoms with Crippen molar-refractivity contribution >= 4 is 56.6 Å². The van der Waals surface area contributed by atoms with Crippen molar-refractivity contribution in [1.29, 1.82) is 0 Å². The number of aromatic nitrogens is 1. The number of allylic oxidation sites excluding steroid dienone is 1. The van der Waals surface area contributed by atoms with E-state index in [9.17, 15) is 27.6 Å². The third kappa shape index (κ3) is 8.38. The lowest BCUT2D eigenvalue weighted by molar-refractivity contribution is -0.141. The Bertz CT molecular complexity index is 2010. The molecule has 0 unspecified atom stereocenters. The highest BCUT2D eigenvalue weighted by molar-refractivity contribution is 7.20. The zero-order valence-corrected chi connectivity index (χ0v) is 30.0. The zero-order chi connectivity index (χ0) is 37.2. The van der Waals surface area contributed by atoms with Crippen molar-refractivity contribution in [1.82, 2.24) is 20.7 Å². The number of hydrogen-bond donors (Lipinski definition) is 3. The number of carbonyl (C=O) groups is 3. The van der Waals surface area contributed by atoms with E-state index in [1.807, 2.05) is 18.2 Å². The minimum absolute atomic E-state index is 0.00795. The van der Waals surface area contributed by atoms with Crippen LogP contribution < -0.4 is 25.7 Å². The van der Waals surface area contributed by atoms with Crippen LogP contribution in [0.1, 0.15) is 50.5 Å². The average Bonchev–Trinajstić information content (AvgIpc) is 3.44. The fourth-order valence-electron chi connectivity index (χ4n) is 6.91. The number of benzene rings is 3. The summed E-state index contributed by atoms with van der Waals surface area (Å²) < 4.78 is 47.9. The van der Waals surface area contributed by atoms with E-state index in [2.05, 4.69) is 21.1 Å². The van der Waals surface area contributed by atoms with Crippen molar-refractivity contribution in [3.8, 4) is 10.9 Å². The Morgan fingerprint density at radius 1 is 1.04 bits per heavy atom. The Hall–Kier alpha value is -4.82. The van der Waals surface area contributed by atoms with Crippen molar-refractivity contribution < 1.29 is 37.1 Å². The molecule has 5 atom stereocenters. The van der Waals surface area contributed by atoms with Gasteiger partial charge in [0.05, 0.1) is 22.3 Å². The van der Waals surface area contributed by atoms with Crippen LogP contribution in [0.25, 0.3) is 10.2 Å². The smallest absolute Gasteiger partial charge is 0.416 e. The lowest BCUT2D eigenvalue weighted by Gasteiger charge is -2.30. The van der Waals surface area contributed by atoms with Crippen LogP contribution in [-0.4, -0.2) is 57.9 Å². The van der Waals surface area contributed by atoms with Gasteiger partial charge in [-0.1, -0.05) is 72.2 Å². The SMILES string of the molecule is O=C1N[C@]2(C(=O)NOc3ccccc3)C[C@H]2C=CCCCCC[C@H](Nc2cccc(C(F)(F)F)c2)C(=O)N2C[C@H](Oc3nc4ccc(Cl)cc4s3)C[C@@H]12. The molecular weight excluding hydrogens is 731 g/mol. The third-order valence-corrected chi connectivity index (χ3v) is 10.9. The van der Waals surface area contributed by atoms with Crippen molar-refractivity contribution in [3.63, 3.8) is 0 Å². The normalized spacial score (nSPS) is 25.0. The van der Waals surface area contributed by atoms with E-state index < -0.39 is 53.2 Å². The molecule has 4 aromatic rings. The van der Waals surface area contributed by atoms with Gasteiger partial charge in [-0.25, -0.2) is 4.98 Å². The lowest BCUT2D eigenvalue weighted by atomic mass is 10.0. The van der Waals surface area contributed by atoms with Gasteiger partial charge in [0.2, 0.25) is 11.8 Å². The third-order valence-electron chi connectivity index (χ3n) is 9.78. The van der Waals surface area contributed by atoms with Crippen molar-refractivity contribution in [3.05, 3.63) is 95.5 Å². The van der Waals surface area contributed by atoms with Gasteiger partial charge in [0, 0.05) is 23.0 Å². The van der Waals surface area contributed by atoms with Gasteiger partial charge in [-0.3, -0.25) is 14.4 Å². The van der Waals surface area contributed by atoms with Crippen molar-refractivity contribution in [2.45, 2.75) is 74.8 Å². The van der Waals surface area contributed by atoms with Crippen LogP contribution in [0.4, 0.5) is 18.9 Å². The molecule has 2 aliphatic heterocycles. The highest BCUT2D eigenvalue weighted by Crippen LogP contribution is 2.46. The molecule has 3 heterocycles. The molecular formula is C38H37ClF3N5O5S. The van der Waals surface area contributed by atoms with Gasteiger partial charge < -0.3 is 25.1 Å². The fraction of sp³-hybridized carbons (Fsp3) is 0.368. The van der Waals surface area contributed by atoms with E-state index >= 15 is 0 Å². The van der Waals surface area contributed by atoms with Crippen LogP contribution in [-0.2, 0) is 20.6 Å². The van der Waals surface area contributed by atoms with E-state index in [0.29, 0.717) is 47.2 Å². The number of thiazole rings is 1. The van der Waals surface area contributed by atoms with Gasteiger partial charge in [0.15, 0.2) is 5.75 Å². The summed E-state index contributed by atoms with van der Waals surface area (Å²) in [4.78, 5) is 54.0. The molecule has 1 saturated carbocycles. The maximum absolute atomic E-state index is 14.5. The summed E-state index contributed by atoms with van der Waals surface area (Å²) in [5.74, 6) is -1.44. The van der Waals surface area contributed by atoms with Gasteiger partial charge >= 0.3 is 6.18 Å². The maximum atomic E-state index is 14.5. The summed E-state index contributed by atoms with van der Waals surface area (Å²) in [6.45, 7) is 0.00795. The van der Waals surface area contributed by atoms with Gasteiger partial charge in [-0.2, -0.15) is 18.7 Å². The molecule has 0 bridgehead atoms. The average molecular weight is 768 g/mol. The van der Waals surface area contributed by atoms with Crippen LogP contribution >= 0.6 is 22.9 Å². The molecule has 1 aliphatic carbocycles. The Kier molecular flexibility index (Phi) is 10.5. The summed E-state index contributed by atoms with van der Waals surface area (Å²) >= 11 is 7.45. The minimum Gasteiger partial charge on any atom is -0.465 e. The first-order valence-electron chi connectivity index (χ1n) is 17.5. The highest BCUT2D eigenvalue weighted by atomic mass is 35.5. The van der Waals surface area contributed by atoms with E-state index in [1.54, 1.807) is 42.5 Å². The number of hydrogen-bond acceptors (Lipinski definition) is 8. The summed E-state index contributed by atoms with van der Waals surface area (Å²) in [6.07, 6.45) is 2.32. The number of fused-ring (bicyclic) bond motifs is 3. The number of hydroxylamine groups is 1. The number of rotatable bonds is 7. The van der Waals surface area contributed by atoms with Crippen LogP contribution in [0.15, 0.2) is 84.9 Å². The molecule has 15 heteroatoms. The second-order valence-electron chi connectivity index (χ2n) is 13.5. The molecule has 3 amide bonds. The number of alkyl halides is 3. The molecule has 3 aromatic carbocycles. The number of para-hydroxylation sites is 1. The molecule has 3 aliphatic rings. The Morgan fingerprint density at radius 3 is 2.68 bits per heavy atom. The van der Waals surface area contributed by atoms with E-state index in [0.717, 1.165) is 29.7 Å². The van der Waals surface area contributed by atoms with Crippen LogP contribution in [0.3, 0.4) is 0 Å². The van der Waals surface area contributed by atoms with E-state index in [-0.39, 0.29) is 24.6 Å². The summed E-state index contributed by atoms with van der Waals surface area (Å²) in [5, 5.41) is 6.88. The number of nitrogens with one attached hydrogen (secondary N) is 3. The molecule has 53 heavy (non-hydrogen) atoms. The standard InChI is InChI=1S/C38H37ClF3N5O5S/c39-25-16-17-29-32(19-25)53-36(44-29)51-28-20-31-33(48)45-37(35(50)46-52-27-13-6-4-7-14-27)21-24(37)10-5-2-1-3-8-15-30(34(49)47(31)22-28)43-26-12-9-11-23(18-26)38(40,41)42/h4-7,9-14,16-19,24,28,30-31,43H,1-3,8,15,20-22H2,(H,45,48)(H,46,50)/t24-,28-,30+,31+,37-/m1/s1. The quantitative estimate of drug-likeness (QED) is 0.133. The highest BCUT2D eigenvalue weighted by Gasteiger charge is 2.61. The molecule has 0 radical (unpaired) electrons. The summed E-state index contributed by atoms with van der Waals surface area (Å²) in [5.41, 5.74) is 1.14. The van der Waals surface area contributed by atoms with Crippen molar-refractivity contribution in [2.75, 3.05) is 11.9 Å². The van der Waals surface area contributed by atoms with Crippen LogP contribution in [0.2, 0.25) is 5.02 Å². The number of carbonyl (C=O) groups excluding carboxylic acids is 3. The topological polar surface area (TPSA) is 122 Å². The second-order valence-corrected chi connectivity index (χ2v) is 15.0. The molecule has 2 fully saturated rings. The number of ether oxygens (including phenoxy) is 1. The Labute approximate surface area is 312 Å². The largest absolute Gasteiger partial charge is 0.465 e. The predicted octanol–water partition coefficient (Wildman–Crippen LogP) is 7.30. The molecule has 7 rings (SSSR count). The van der Waals surface area contributed by atoms with Crippen LogP contribution in [0, 0.1) is 5.92 Å². The molecule has 1 aromatic heterocycles. The zero-order valence-electron chi connectivity index (χ0n) is 28.4. The molecule has 1 saturated heterocycles. The van der Waals surface area contributed by atoms with Gasteiger partial charge in [0.1, 0.15) is 23.7 Å². The molecule has 10 nitrogen and oxygen atoms in total. The number of nitrogens with zero attached hydrogens (tertiary/aromatic N) is 2. The monoisotopic (exact) mass is 767 g/mol. The van der Waals surface area contributed by atoms with Gasteiger partial charge in [-0.05, 0) is 74.2 Å². The van der Waals surface area contributed by atoms with Gasteiger partial charge in [-0.15, -0.1) is 0 Å². The number of anilines is 1. The Balaban J connectivity index is 1.17. The first-order chi connectivity index (χ1) is 25.5. The van der Waals surface area contributed by atoms with Crippen molar-refractivity contribution in [2.24, 2.45) is 5.92 Å². The van der Waals surface area contributed by atoms with E-state index in [1.165, 1.54) is 28.4 Å². The lowest BCUT2D eigenvalue weighted by Crippen LogP contribution is -2.57. The fourth-order valence-corrected chi connectivity index (χ4v) is 8.06. The number of amides is 3. The first-order valence-corrected chi connectivity index (χ1v) is 18.7. The minimum atomic E-state index is -4.57. The predicted molar refractivity (Wildman–Crippen MR) is 194 cm³/mol. The second kappa shape index (κ2) is 15.3. The van der Waals surface area contributed by atoms with E-state index in [4.69, 9.17) is 21.2 Å². The first kappa shape index (κ1) is 36.5. The summed E-state index contributed by atoms with van der Waals surface area (Å²) in [6, 6.07) is 16.7. The summed E-state index contributed by atoms with van der Waals surface area (Å²) in [7, 11) is 0. The van der Waals surface area contributed by atoms with Crippen LogP contribution in [0.5, 0.6) is 10.9 Å². The molecule has 3 N–H and O–H groups in total. The molecule has 0 spiro atoms. The number of halogens is 4. The van der Waals surface area contributed by atoms with Gasteiger partial charge in [0.25, 0.3) is 11.1 Å².